The molecule has 4 nitrogen and oxygen atoms in total. The molecule has 0 aliphatic rings. The first-order valence-electron chi connectivity index (χ1n) is 6.18. The second-order valence-corrected chi connectivity index (χ2v) is 5.55. The van der Waals surface area contributed by atoms with E-state index >= 15 is 0 Å². The number of nitro benzene ring substituents is 1. The Hall–Kier alpha value is -1.07. The van der Waals surface area contributed by atoms with E-state index in [2.05, 4.69) is 19.2 Å². The highest BCUT2D eigenvalue weighted by molar-refractivity contribution is 7.99. The highest BCUT2D eigenvalue weighted by atomic mass is 32.2. The first-order chi connectivity index (χ1) is 8.65. The smallest absolute Gasteiger partial charge is 0.273 e. The van der Waals surface area contributed by atoms with Crippen molar-refractivity contribution in [1.82, 2.24) is 5.32 Å². The van der Waals surface area contributed by atoms with Gasteiger partial charge in [-0.3, -0.25) is 10.1 Å². The van der Waals surface area contributed by atoms with E-state index in [1.807, 2.05) is 17.8 Å². The maximum absolute atomic E-state index is 10.9. The molecule has 0 fully saturated rings. The number of para-hydroxylation sites is 1. The van der Waals surface area contributed by atoms with Gasteiger partial charge in [-0.25, -0.2) is 0 Å². The average molecular weight is 268 g/mol. The number of benzene rings is 1. The van der Waals surface area contributed by atoms with Crippen LogP contribution in [0.3, 0.4) is 0 Å². The molecule has 0 amide bonds. The number of thioether (sulfide) groups is 1. The Morgan fingerprint density at radius 2 is 2.17 bits per heavy atom. The van der Waals surface area contributed by atoms with Crippen LogP contribution in [0.5, 0.6) is 0 Å². The maximum Gasteiger partial charge on any atom is 0.273 e. The van der Waals surface area contributed by atoms with Crippen molar-refractivity contribution >= 4 is 17.4 Å². The third-order valence-electron chi connectivity index (χ3n) is 2.73. The fourth-order valence-electron chi connectivity index (χ4n) is 1.63. The van der Waals surface area contributed by atoms with Crippen molar-refractivity contribution in [1.29, 1.82) is 0 Å². The van der Waals surface area contributed by atoms with E-state index in [9.17, 15) is 10.1 Å². The molecule has 1 rings (SSSR count). The molecule has 0 bridgehead atoms. The van der Waals surface area contributed by atoms with Gasteiger partial charge < -0.3 is 5.32 Å². The Balaban J connectivity index is 2.45. The molecule has 100 valence electrons. The zero-order valence-corrected chi connectivity index (χ0v) is 11.7. The molecule has 1 atom stereocenters. The van der Waals surface area contributed by atoms with Crippen LogP contribution in [-0.4, -0.2) is 22.5 Å². The molecular formula is C13H20N2O2S. The molecule has 1 unspecified atom stereocenters. The summed E-state index contributed by atoms with van der Waals surface area (Å²) in [6.07, 6.45) is 1.08. The standard InChI is InChI=1S/C13H20N2O2S/c1-3-18-9-8-11(2)14-10-12-6-4-5-7-13(12)15(16)17/h4-7,11,14H,3,8-10H2,1-2H3. The topological polar surface area (TPSA) is 55.2 Å². The monoisotopic (exact) mass is 268 g/mol. The van der Waals surface area contributed by atoms with Crippen molar-refractivity contribution in [2.75, 3.05) is 11.5 Å². The average Bonchev–Trinajstić information content (AvgIpc) is 2.37. The van der Waals surface area contributed by atoms with Crippen LogP contribution in [0.25, 0.3) is 0 Å². The molecule has 0 heterocycles. The zero-order valence-electron chi connectivity index (χ0n) is 10.9. The Morgan fingerprint density at radius 3 is 2.83 bits per heavy atom. The van der Waals surface area contributed by atoms with Gasteiger partial charge in [-0.1, -0.05) is 25.1 Å². The van der Waals surface area contributed by atoms with E-state index in [1.165, 1.54) is 0 Å². The lowest BCUT2D eigenvalue weighted by molar-refractivity contribution is -0.385. The van der Waals surface area contributed by atoms with Gasteiger partial charge in [0.05, 0.1) is 4.92 Å². The van der Waals surface area contributed by atoms with Gasteiger partial charge in [0.2, 0.25) is 0 Å². The maximum atomic E-state index is 10.9. The van der Waals surface area contributed by atoms with E-state index in [-0.39, 0.29) is 10.6 Å². The number of nitrogens with one attached hydrogen (secondary N) is 1. The number of nitro groups is 1. The Labute approximate surface area is 112 Å². The molecule has 0 aromatic heterocycles. The summed E-state index contributed by atoms with van der Waals surface area (Å²) in [5.41, 5.74) is 0.942. The van der Waals surface area contributed by atoms with Gasteiger partial charge in [0.15, 0.2) is 0 Å². The summed E-state index contributed by atoms with van der Waals surface area (Å²) < 4.78 is 0. The van der Waals surface area contributed by atoms with Crippen LogP contribution < -0.4 is 5.32 Å². The molecule has 18 heavy (non-hydrogen) atoms. The number of hydrogen-bond donors (Lipinski definition) is 1. The van der Waals surface area contributed by atoms with Crippen LogP contribution in [-0.2, 0) is 6.54 Å². The van der Waals surface area contributed by atoms with E-state index in [1.54, 1.807) is 18.2 Å². The molecule has 0 radical (unpaired) electrons. The molecule has 0 saturated carbocycles. The molecule has 1 N–H and O–H groups in total. The molecule has 0 spiro atoms. The van der Waals surface area contributed by atoms with Gasteiger partial charge in [-0.2, -0.15) is 11.8 Å². The van der Waals surface area contributed by atoms with Crippen LogP contribution in [0.1, 0.15) is 25.8 Å². The second kappa shape index (κ2) is 8.11. The van der Waals surface area contributed by atoms with Crippen LogP contribution in [0.4, 0.5) is 5.69 Å². The molecule has 5 heteroatoms. The summed E-state index contributed by atoms with van der Waals surface area (Å²) in [6, 6.07) is 7.27. The number of nitrogens with zero attached hydrogens (tertiary/aromatic N) is 1. The molecule has 0 aliphatic heterocycles. The van der Waals surface area contributed by atoms with Crippen LogP contribution in [0.2, 0.25) is 0 Å². The van der Waals surface area contributed by atoms with Crippen LogP contribution in [0, 0.1) is 10.1 Å². The highest BCUT2D eigenvalue weighted by Gasteiger charge is 2.12. The summed E-state index contributed by atoms with van der Waals surface area (Å²) in [5.74, 6) is 2.26. The van der Waals surface area contributed by atoms with E-state index in [0.717, 1.165) is 23.5 Å². The Morgan fingerprint density at radius 1 is 1.44 bits per heavy atom. The summed E-state index contributed by atoms with van der Waals surface area (Å²) in [6.45, 7) is 4.82. The fraction of sp³-hybridized carbons (Fsp3) is 0.538. The summed E-state index contributed by atoms with van der Waals surface area (Å²) in [5, 5.41) is 14.2. The third-order valence-corrected chi connectivity index (χ3v) is 3.66. The highest BCUT2D eigenvalue weighted by Crippen LogP contribution is 2.17. The number of rotatable bonds is 8. The number of hydrogen-bond acceptors (Lipinski definition) is 4. The molecule has 0 saturated heterocycles. The van der Waals surface area contributed by atoms with Crippen molar-refractivity contribution in [2.24, 2.45) is 0 Å². The summed E-state index contributed by atoms with van der Waals surface area (Å²) in [7, 11) is 0. The minimum absolute atomic E-state index is 0.195. The normalized spacial score (nSPS) is 12.3. The molecule has 0 aliphatic carbocycles. The van der Waals surface area contributed by atoms with Gasteiger partial charge in [0.1, 0.15) is 0 Å². The lowest BCUT2D eigenvalue weighted by Gasteiger charge is -2.13. The first kappa shape index (κ1) is 15.0. The van der Waals surface area contributed by atoms with Crippen molar-refractivity contribution in [3.8, 4) is 0 Å². The van der Waals surface area contributed by atoms with Crippen molar-refractivity contribution in [3.63, 3.8) is 0 Å². The quantitative estimate of drug-likeness (QED) is 0.447. The van der Waals surface area contributed by atoms with Gasteiger partial charge in [-0.15, -0.1) is 0 Å². The van der Waals surface area contributed by atoms with Crippen LogP contribution >= 0.6 is 11.8 Å². The lowest BCUT2D eigenvalue weighted by atomic mass is 10.1. The lowest BCUT2D eigenvalue weighted by Crippen LogP contribution is -2.26. The van der Waals surface area contributed by atoms with E-state index < -0.39 is 0 Å². The van der Waals surface area contributed by atoms with Crippen molar-refractivity contribution in [2.45, 2.75) is 32.9 Å². The van der Waals surface area contributed by atoms with Crippen molar-refractivity contribution < 1.29 is 4.92 Å². The van der Waals surface area contributed by atoms with Crippen molar-refractivity contribution in [3.05, 3.63) is 39.9 Å². The Bertz CT molecular complexity index is 385. The molecule has 1 aromatic carbocycles. The largest absolute Gasteiger partial charge is 0.310 e. The second-order valence-electron chi connectivity index (χ2n) is 4.15. The zero-order chi connectivity index (χ0) is 13.4. The van der Waals surface area contributed by atoms with E-state index in [0.29, 0.717) is 12.6 Å². The minimum Gasteiger partial charge on any atom is -0.310 e. The third kappa shape index (κ3) is 5.06. The van der Waals surface area contributed by atoms with E-state index in [4.69, 9.17) is 0 Å². The van der Waals surface area contributed by atoms with Gasteiger partial charge in [0.25, 0.3) is 5.69 Å². The summed E-state index contributed by atoms with van der Waals surface area (Å²) in [4.78, 5) is 10.5. The van der Waals surface area contributed by atoms with Gasteiger partial charge >= 0.3 is 0 Å². The van der Waals surface area contributed by atoms with Gasteiger partial charge in [0, 0.05) is 24.2 Å². The summed E-state index contributed by atoms with van der Waals surface area (Å²) >= 11 is 1.92. The predicted octanol–water partition coefficient (Wildman–Crippen LogP) is 3.22. The van der Waals surface area contributed by atoms with Crippen LogP contribution in [0.15, 0.2) is 24.3 Å². The fourth-order valence-corrected chi connectivity index (χ4v) is 2.44. The first-order valence-corrected chi connectivity index (χ1v) is 7.34. The molecular weight excluding hydrogens is 248 g/mol. The minimum atomic E-state index is -0.325. The predicted molar refractivity (Wildman–Crippen MR) is 77.0 cm³/mol. The SMILES string of the molecule is CCSCCC(C)NCc1ccccc1[N+](=O)[O-]. The Kier molecular flexibility index (Phi) is 6.75. The van der Waals surface area contributed by atoms with Gasteiger partial charge in [-0.05, 0) is 24.9 Å². The molecule has 1 aromatic rings.